The second kappa shape index (κ2) is 6.55. The highest BCUT2D eigenvalue weighted by Gasteiger charge is 2.30. The molecule has 0 spiro atoms. The summed E-state index contributed by atoms with van der Waals surface area (Å²) in [7, 11) is -3.13. The summed E-state index contributed by atoms with van der Waals surface area (Å²) < 4.78 is 22.4. The number of carbonyl (C=O) groups is 3. The monoisotopic (exact) mass is 307 g/mol. The molecule has 0 aromatic heterocycles. The van der Waals surface area contributed by atoms with Crippen LogP contribution in [0.2, 0.25) is 0 Å². The van der Waals surface area contributed by atoms with Crippen LogP contribution in [0.15, 0.2) is 0 Å². The largest absolute Gasteiger partial charge is 0.480 e. The van der Waals surface area contributed by atoms with Crippen LogP contribution in [0.5, 0.6) is 0 Å². The van der Waals surface area contributed by atoms with Crippen LogP contribution in [0.4, 0.5) is 4.79 Å². The molecule has 1 aliphatic heterocycles. The van der Waals surface area contributed by atoms with E-state index in [2.05, 4.69) is 10.6 Å². The van der Waals surface area contributed by atoms with Crippen LogP contribution < -0.4 is 16.4 Å². The van der Waals surface area contributed by atoms with E-state index in [0.717, 1.165) is 0 Å². The molecule has 9 nitrogen and oxygen atoms in total. The van der Waals surface area contributed by atoms with Crippen molar-refractivity contribution in [1.29, 1.82) is 0 Å². The molecule has 0 saturated carbocycles. The minimum Gasteiger partial charge on any atom is -0.480 e. The molecule has 114 valence electrons. The summed E-state index contributed by atoms with van der Waals surface area (Å²) in [5, 5.41) is 13.5. The first-order valence-corrected chi connectivity index (χ1v) is 7.80. The van der Waals surface area contributed by atoms with Gasteiger partial charge in [-0.05, 0) is 12.8 Å². The van der Waals surface area contributed by atoms with Crippen molar-refractivity contribution in [3.63, 3.8) is 0 Å². The first-order valence-electron chi connectivity index (χ1n) is 5.98. The van der Waals surface area contributed by atoms with Crippen molar-refractivity contribution in [3.8, 4) is 0 Å². The Morgan fingerprint density at radius 3 is 2.45 bits per heavy atom. The third-order valence-electron chi connectivity index (χ3n) is 2.85. The lowest BCUT2D eigenvalue weighted by atomic mass is 10.1. The molecule has 10 heteroatoms. The van der Waals surface area contributed by atoms with Crippen molar-refractivity contribution in [2.24, 2.45) is 5.73 Å². The maximum absolute atomic E-state index is 11.6. The molecule has 1 heterocycles. The van der Waals surface area contributed by atoms with Crippen LogP contribution >= 0.6 is 0 Å². The average molecular weight is 307 g/mol. The van der Waals surface area contributed by atoms with E-state index in [9.17, 15) is 22.8 Å². The lowest BCUT2D eigenvalue weighted by Crippen LogP contribution is -2.49. The SMILES string of the molecule is NC(=O)CCC(NC(=O)NC1CCS(=O)(=O)C1)C(=O)O. The van der Waals surface area contributed by atoms with Gasteiger partial charge in [0.25, 0.3) is 0 Å². The molecule has 3 amide bonds. The minimum absolute atomic E-state index is 0.00197. The molecule has 20 heavy (non-hydrogen) atoms. The lowest BCUT2D eigenvalue weighted by molar-refractivity contribution is -0.139. The smallest absolute Gasteiger partial charge is 0.326 e. The van der Waals surface area contributed by atoms with Crippen LogP contribution in [0.1, 0.15) is 19.3 Å². The molecule has 5 N–H and O–H groups in total. The van der Waals surface area contributed by atoms with Gasteiger partial charge in [-0.15, -0.1) is 0 Å². The Hall–Kier alpha value is -1.84. The average Bonchev–Trinajstić information content (AvgIpc) is 2.63. The number of aliphatic carboxylic acids is 1. The maximum atomic E-state index is 11.6. The fourth-order valence-electron chi connectivity index (χ4n) is 1.84. The van der Waals surface area contributed by atoms with Crippen molar-refractivity contribution in [3.05, 3.63) is 0 Å². The topological polar surface area (TPSA) is 156 Å². The zero-order valence-electron chi connectivity index (χ0n) is 10.7. The van der Waals surface area contributed by atoms with Crippen LogP contribution in [0.3, 0.4) is 0 Å². The van der Waals surface area contributed by atoms with Crippen LogP contribution in [0, 0.1) is 0 Å². The van der Waals surface area contributed by atoms with Crippen molar-refractivity contribution >= 4 is 27.7 Å². The van der Waals surface area contributed by atoms with Crippen LogP contribution in [-0.2, 0) is 19.4 Å². The third kappa shape index (κ3) is 5.43. The second-order valence-corrected chi connectivity index (χ2v) is 6.84. The Labute approximate surface area is 115 Å². The number of sulfone groups is 1. The van der Waals surface area contributed by atoms with Crippen molar-refractivity contribution in [2.75, 3.05) is 11.5 Å². The summed E-state index contributed by atoms with van der Waals surface area (Å²) >= 11 is 0. The molecule has 1 rings (SSSR count). The fraction of sp³-hybridized carbons (Fsp3) is 0.700. The highest BCUT2D eigenvalue weighted by atomic mass is 32.2. The van der Waals surface area contributed by atoms with E-state index in [-0.39, 0.29) is 24.3 Å². The van der Waals surface area contributed by atoms with Gasteiger partial charge in [-0.2, -0.15) is 0 Å². The Morgan fingerprint density at radius 2 is 2.00 bits per heavy atom. The number of hydrogen-bond acceptors (Lipinski definition) is 5. The van der Waals surface area contributed by atoms with Gasteiger partial charge in [0, 0.05) is 12.5 Å². The van der Waals surface area contributed by atoms with Gasteiger partial charge in [-0.25, -0.2) is 18.0 Å². The predicted molar refractivity (Wildman–Crippen MR) is 68.6 cm³/mol. The number of rotatable bonds is 6. The Bertz CT molecular complexity index is 503. The number of carbonyl (C=O) groups excluding carboxylic acids is 2. The summed E-state index contributed by atoms with van der Waals surface area (Å²) in [6, 6.07) is -2.55. The van der Waals surface area contributed by atoms with Gasteiger partial charge in [0.15, 0.2) is 9.84 Å². The van der Waals surface area contributed by atoms with Crippen LogP contribution in [-0.4, -0.2) is 55.0 Å². The first kappa shape index (κ1) is 16.2. The standard InChI is InChI=1S/C10H17N3O6S/c11-8(14)2-1-7(9(15)16)13-10(17)12-6-3-4-20(18,19)5-6/h6-7H,1-5H2,(H2,11,14)(H,15,16)(H2,12,13,17). The summed E-state index contributed by atoms with van der Waals surface area (Å²) in [6.07, 6.45) is 0.00485. The normalized spacial score (nSPS) is 21.9. The zero-order valence-corrected chi connectivity index (χ0v) is 11.5. The van der Waals surface area contributed by atoms with Gasteiger partial charge in [0.2, 0.25) is 5.91 Å². The summed E-state index contributed by atoms with van der Waals surface area (Å²) in [6.45, 7) is 0. The van der Waals surface area contributed by atoms with Crippen molar-refractivity contribution in [2.45, 2.75) is 31.3 Å². The lowest BCUT2D eigenvalue weighted by Gasteiger charge is -2.16. The van der Waals surface area contributed by atoms with Gasteiger partial charge in [-0.1, -0.05) is 0 Å². The zero-order chi connectivity index (χ0) is 15.3. The second-order valence-electron chi connectivity index (χ2n) is 4.61. The van der Waals surface area contributed by atoms with Gasteiger partial charge < -0.3 is 21.5 Å². The summed E-state index contributed by atoms with van der Waals surface area (Å²) in [4.78, 5) is 33.1. The molecule has 1 fully saturated rings. The van der Waals surface area contributed by atoms with E-state index in [1.165, 1.54) is 0 Å². The van der Waals surface area contributed by atoms with Gasteiger partial charge >= 0.3 is 12.0 Å². The Kier molecular flexibility index (Phi) is 5.31. The summed E-state index contributed by atoms with van der Waals surface area (Å²) in [5.41, 5.74) is 4.91. The summed E-state index contributed by atoms with van der Waals surface area (Å²) in [5.74, 6) is -2.11. The van der Waals surface area contributed by atoms with Gasteiger partial charge in [0.1, 0.15) is 6.04 Å². The van der Waals surface area contributed by atoms with Crippen molar-refractivity contribution < 1.29 is 27.9 Å². The molecule has 0 aliphatic carbocycles. The molecule has 0 radical (unpaired) electrons. The van der Waals surface area contributed by atoms with E-state index in [0.29, 0.717) is 6.42 Å². The number of amides is 3. The molecule has 0 bridgehead atoms. The number of carboxylic acid groups (broad SMARTS) is 1. The van der Waals surface area contributed by atoms with E-state index in [1.54, 1.807) is 0 Å². The number of nitrogens with one attached hydrogen (secondary N) is 2. The number of nitrogens with two attached hydrogens (primary N) is 1. The van der Waals surface area contributed by atoms with E-state index in [4.69, 9.17) is 10.8 Å². The minimum atomic E-state index is -3.13. The maximum Gasteiger partial charge on any atom is 0.326 e. The quantitative estimate of drug-likeness (QED) is 0.453. The molecular weight excluding hydrogens is 290 g/mol. The molecule has 1 saturated heterocycles. The van der Waals surface area contributed by atoms with E-state index < -0.39 is 39.8 Å². The van der Waals surface area contributed by atoms with Crippen LogP contribution in [0.25, 0.3) is 0 Å². The highest BCUT2D eigenvalue weighted by molar-refractivity contribution is 7.91. The number of carboxylic acids is 1. The molecule has 0 aromatic carbocycles. The van der Waals surface area contributed by atoms with E-state index in [1.807, 2.05) is 0 Å². The molecule has 2 unspecified atom stereocenters. The molecule has 0 aromatic rings. The molecular formula is C10H17N3O6S. The number of hydrogen-bond donors (Lipinski definition) is 4. The van der Waals surface area contributed by atoms with Crippen molar-refractivity contribution in [1.82, 2.24) is 10.6 Å². The Morgan fingerprint density at radius 1 is 1.35 bits per heavy atom. The van der Waals surface area contributed by atoms with Gasteiger partial charge in [-0.3, -0.25) is 4.79 Å². The fourth-order valence-corrected chi connectivity index (χ4v) is 3.51. The molecule has 1 aliphatic rings. The third-order valence-corrected chi connectivity index (χ3v) is 4.62. The van der Waals surface area contributed by atoms with E-state index >= 15 is 0 Å². The number of urea groups is 1. The highest BCUT2D eigenvalue weighted by Crippen LogP contribution is 2.11. The number of primary amides is 1. The Balaban J connectivity index is 2.46. The predicted octanol–water partition coefficient (Wildman–Crippen LogP) is -1.81. The molecule has 2 atom stereocenters. The first-order chi connectivity index (χ1) is 9.19. The van der Waals surface area contributed by atoms with Gasteiger partial charge in [0.05, 0.1) is 11.5 Å².